The molecule has 1 aromatic carbocycles. The average Bonchev–Trinajstić information content (AvgIpc) is 2.99. The van der Waals surface area contributed by atoms with Crippen molar-refractivity contribution >= 4 is 29.6 Å². The highest BCUT2D eigenvalue weighted by Gasteiger charge is 2.42. The van der Waals surface area contributed by atoms with E-state index in [1.54, 1.807) is 36.4 Å². The number of aryl methyl sites for hydroxylation is 1. The Bertz CT molecular complexity index is 1000. The predicted octanol–water partition coefficient (Wildman–Crippen LogP) is 3.71. The lowest BCUT2D eigenvalue weighted by atomic mass is 10.1. The molecule has 0 radical (unpaired) electrons. The summed E-state index contributed by atoms with van der Waals surface area (Å²) in [6.07, 6.45) is 1.59. The Balaban J connectivity index is 2.11. The molecule has 0 aliphatic carbocycles. The zero-order chi connectivity index (χ0) is 22.0. The van der Waals surface area contributed by atoms with Crippen LogP contribution in [0.3, 0.4) is 0 Å². The number of methoxy groups -OCH3 is 1. The van der Waals surface area contributed by atoms with Gasteiger partial charge in [0, 0.05) is 24.5 Å². The number of hydrogen-bond acceptors (Lipinski definition) is 4. The summed E-state index contributed by atoms with van der Waals surface area (Å²) in [7, 11) is 1.50. The van der Waals surface area contributed by atoms with Gasteiger partial charge < -0.3 is 9.30 Å². The topological polar surface area (TPSA) is 71.8 Å². The number of ether oxygens (including phenoxy) is 1. The third-order valence-corrected chi connectivity index (χ3v) is 5.20. The fourth-order valence-corrected chi connectivity index (χ4v) is 3.86. The van der Waals surface area contributed by atoms with Gasteiger partial charge in [0.2, 0.25) is 0 Å². The monoisotopic (exact) mass is 409 g/mol. The van der Waals surface area contributed by atoms with Crippen LogP contribution in [0.4, 0.5) is 10.5 Å². The maximum atomic E-state index is 13.3. The maximum absolute atomic E-state index is 13.3. The Kier molecular flexibility index (Phi) is 6.22. The van der Waals surface area contributed by atoms with Gasteiger partial charge >= 0.3 is 6.03 Å². The Labute approximate surface area is 176 Å². The van der Waals surface area contributed by atoms with E-state index in [-0.39, 0.29) is 24.8 Å². The van der Waals surface area contributed by atoms with E-state index in [4.69, 9.17) is 4.74 Å². The molecule has 0 unspecified atom stereocenters. The fourth-order valence-electron chi connectivity index (χ4n) is 3.86. The molecule has 2 aromatic rings. The molecule has 0 saturated carbocycles. The molecule has 7 nitrogen and oxygen atoms in total. The predicted molar refractivity (Wildman–Crippen MR) is 115 cm³/mol. The molecule has 158 valence electrons. The van der Waals surface area contributed by atoms with E-state index in [1.165, 1.54) is 7.11 Å². The molecule has 1 aliphatic rings. The van der Waals surface area contributed by atoms with Gasteiger partial charge in [-0.1, -0.05) is 18.2 Å². The number of urea groups is 1. The molecule has 4 amide bonds. The van der Waals surface area contributed by atoms with Gasteiger partial charge in [0.1, 0.15) is 5.57 Å². The number of aromatic nitrogens is 1. The minimum Gasteiger partial charge on any atom is -0.383 e. The number of rotatable bonds is 6. The Morgan fingerprint density at radius 2 is 1.70 bits per heavy atom. The van der Waals surface area contributed by atoms with Gasteiger partial charge in [0.25, 0.3) is 11.8 Å². The second-order valence-electron chi connectivity index (χ2n) is 7.56. The summed E-state index contributed by atoms with van der Waals surface area (Å²) < 4.78 is 7.20. The van der Waals surface area contributed by atoms with E-state index < -0.39 is 17.8 Å². The van der Waals surface area contributed by atoms with Crippen molar-refractivity contribution in [3.8, 4) is 0 Å². The highest BCUT2D eigenvalue weighted by Crippen LogP contribution is 2.28. The average molecular weight is 409 g/mol. The number of amides is 4. The summed E-state index contributed by atoms with van der Waals surface area (Å²) in [6, 6.07) is 10.1. The Morgan fingerprint density at radius 3 is 2.27 bits per heavy atom. The van der Waals surface area contributed by atoms with Crippen molar-refractivity contribution in [3.05, 3.63) is 58.9 Å². The van der Waals surface area contributed by atoms with Crippen molar-refractivity contribution in [1.29, 1.82) is 0 Å². The minimum atomic E-state index is -0.668. The van der Waals surface area contributed by atoms with Crippen molar-refractivity contribution in [2.75, 3.05) is 25.2 Å². The van der Waals surface area contributed by atoms with Gasteiger partial charge in [-0.2, -0.15) is 0 Å². The second-order valence-corrected chi connectivity index (χ2v) is 7.56. The Hall–Kier alpha value is -3.19. The van der Waals surface area contributed by atoms with Crippen LogP contribution in [-0.4, -0.2) is 47.6 Å². The lowest BCUT2D eigenvalue weighted by Crippen LogP contribution is -2.57. The highest BCUT2D eigenvalue weighted by molar-refractivity contribution is 6.39. The number of para-hydroxylation sites is 1. The first-order valence-electron chi connectivity index (χ1n) is 9.92. The molecule has 30 heavy (non-hydrogen) atoms. The smallest absolute Gasteiger partial charge is 0.338 e. The van der Waals surface area contributed by atoms with E-state index in [0.29, 0.717) is 5.69 Å². The summed E-state index contributed by atoms with van der Waals surface area (Å²) in [6.45, 7) is 8.35. The van der Waals surface area contributed by atoms with Crippen LogP contribution in [0.25, 0.3) is 6.08 Å². The normalized spacial score (nSPS) is 16.3. The number of anilines is 1. The van der Waals surface area contributed by atoms with Crippen molar-refractivity contribution in [1.82, 2.24) is 9.47 Å². The first-order chi connectivity index (χ1) is 14.3. The first kappa shape index (κ1) is 21.5. The van der Waals surface area contributed by atoms with Crippen molar-refractivity contribution in [2.45, 2.75) is 33.7 Å². The summed E-state index contributed by atoms with van der Waals surface area (Å²) in [4.78, 5) is 41.5. The molecule has 3 rings (SSSR count). The van der Waals surface area contributed by atoms with Gasteiger partial charge in [-0.05, 0) is 57.5 Å². The standard InChI is InChI=1S/C23H27N3O4/c1-15(2)25-16(3)13-18(17(25)4)14-20-21(27)24(11-12-30-5)23(29)26(22(20)28)19-9-7-6-8-10-19/h6-10,13-15H,11-12H2,1-5H3. The zero-order valence-electron chi connectivity index (χ0n) is 18.0. The number of benzene rings is 1. The largest absolute Gasteiger partial charge is 0.383 e. The third-order valence-electron chi connectivity index (χ3n) is 5.20. The van der Waals surface area contributed by atoms with Crippen LogP contribution < -0.4 is 4.90 Å². The van der Waals surface area contributed by atoms with Crippen molar-refractivity contribution in [2.24, 2.45) is 0 Å². The van der Waals surface area contributed by atoms with Crippen molar-refractivity contribution in [3.63, 3.8) is 0 Å². The molecule has 1 aromatic heterocycles. The number of barbiturate groups is 1. The van der Waals surface area contributed by atoms with Gasteiger partial charge in [-0.3, -0.25) is 14.5 Å². The lowest BCUT2D eigenvalue weighted by molar-refractivity contribution is -0.129. The number of carbonyl (C=O) groups excluding carboxylic acids is 3. The van der Waals surface area contributed by atoms with E-state index in [0.717, 1.165) is 26.8 Å². The molecule has 1 saturated heterocycles. The molecule has 0 N–H and O–H groups in total. The summed E-state index contributed by atoms with van der Waals surface area (Å²) in [5.74, 6) is -1.23. The second kappa shape index (κ2) is 8.67. The maximum Gasteiger partial charge on any atom is 0.338 e. The number of nitrogens with zero attached hydrogens (tertiary/aromatic N) is 3. The highest BCUT2D eigenvalue weighted by atomic mass is 16.5. The van der Waals surface area contributed by atoms with E-state index in [1.807, 2.05) is 19.9 Å². The van der Waals surface area contributed by atoms with E-state index >= 15 is 0 Å². The van der Waals surface area contributed by atoms with Gasteiger partial charge in [0.15, 0.2) is 0 Å². The van der Waals surface area contributed by atoms with Crippen molar-refractivity contribution < 1.29 is 19.1 Å². The van der Waals surface area contributed by atoms with Crippen LogP contribution in [0.1, 0.15) is 36.8 Å². The first-order valence-corrected chi connectivity index (χ1v) is 9.92. The van der Waals surface area contributed by atoms with Gasteiger partial charge in [0.05, 0.1) is 18.8 Å². The Morgan fingerprint density at radius 1 is 1.03 bits per heavy atom. The van der Waals surface area contributed by atoms with Crippen LogP contribution in [0.5, 0.6) is 0 Å². The quantitative estimate of drug-likeness (QED) is 0.539. The van der Waals surface area contributed by atoms with Gasteiger partial charge in [-0.15, -0.1) is 0 Å². The van der Waals surface area contributed by atoms with Crippen LogP contribution in [0.15, 0.2) is 42.0 Å². The number of carbonyl (C=O) groups is 3. The van der Waals surface area contributed by atoms with E-state index in [9.17, 15) is 14.4 Å². The molecule has 0 bridgehead atoms. The SMILES string of the molecule is COCCN1C(=O)C(=Cc2cc(C)n(C(C)C)c2C)C(=O)N(c2ccccc2)C1=O. The van der Waals surface area contributed by atoms with Crippen LogP contribution >= 0.6 is 0 Å². The van der Waals surface area contributed by atoms with Crippen LogP contribution in [0, 0.1) is 13.8 Å². The molecular weight excluding hydrogens is 382 g/mol. The molecule has 0 spiro atoms. The van der Waals surface area contributed by atoms with E-state index in [2.05, 4.69) is 18.4 Å². The summed E-state index contributed by atoms with van der Waals surface area (Å²) in [5.41, 5.74) is 3.16. The molecule has 2 heterocycles. The summed E-state index contributed by atoms with van der Waals surface area (Å²) in [5, 5.41) is 0. The van der Waals surface area contributed by atoms with Gasteiger partial charge in [-0.25, -0.2) is 9.69 Å². The summed E-state index contributed by atoms with van der Waals surface area (Å²) >= 11 is 0. The molecule has 1 fully saturated rings. The molecule has 1 aliphatic heterocycles. The lowest BCUT2D eigenvalue weighted by Gasteiger charge is -2.33. The molecule has 0 atom stereocenters. The number of hydrogen-bond donors (Lipinski definition) is 0. The number of imide groups is 2. The third kappa shape index (κ3) is 3.80. The molecular formula is C23H27N3O4. The van der Waals surface area contributed by atoms with Crippen LogP contribution in [-0.2, 0) is 14.3 Å². The van der Waals surface area contributed by atoms with Crippen LogP contribution in [0.2, 0.25) is 0 Å². The zero-order valence-corrected chi connectivity index (χ0v) is 18.0. The minimum absolute atomic E-state index is 0.0430. The fraction of sp³-hybridized carbons (Fsp3) is 0.348. The molecule has 7 heteroatoms.